The molecule has 0 radical (unpaired) electrons. The SMILES string of the molecule is C1CCOC1.C1CCOC1.N. The molecule has 0 saturated carbocycles. The first-order chi connectivity index (χ1) is 5.00. The largest absolute Gasteiger partial charge is 0.381 e. The van der Waals surface area contributed by atoms with Crippen molar-refractivity contribution in [3.05, 3.63) is 0 Å². The Bertz CT molecular complexity index is 45.3. The summed E-state index contributed by atoms with van der Waals surface area (Å²) in [6.07, 6.45) is 5.11. The molecule has 0 aromatic rings. The Morgan fingerprint density at radius 2 is 0.818 bits per heavy atom. The fourth-order valence-corrected chi connectivity index (χ4v) is 1.02. The van der Waals surface area contributed by atoms with Crippen LogP contribution in [-0.4, -0.2) is 26.4 Å². The highest BCUT2D eigenvalue weighted by Crippen LogP contribution is 1.98. The van der Waals surface area contributed by atoms with E-state index in [4.69, 9.17) is 9.47 Å². The fraction of sp³-hybridized carbons (Fsp3) is 1.00. The molecule has 2 aliphatic rings. The molecule has 2 fully saturated rings. The molecule has 2 aliphatic heterocycles. The van der Waals surface area contributed by atoms with E-state index in [9.17, 15) is 0 Å². The van der Waals surface area contributed by atoms with Crippen LogP contribution in [0.5, 0.6) is 0 Å². The molecule has 0 atom stereocenters. The summed E-state index contributed by atoms with van der Waals surface area (Å²) in [5.74, 6) is 0. The van der Waals surface area contributed by atoms with Gasteiger partial charge in [0, 0.05) is 26.4 Å². The van der Waals surface area contributed by atoms with Crippen molar-refractivity contribution in [2.75, 3.05) is 26.4 Å². The van der Waals surface area contributed by atoms with Crippen LogP contribution in [0.2, 0.25) is 0 Å². The lowest BCUT2D eigenvalue weighted by Gasteiger charge is -1.76. The standard InChI is InChI=1S/2C4H8O.H3N/c2*1-2-4-5-3-1;/h2*1-4H2;1H3. The Kier molecular flexibility index (Phi) is 7.89. The van der Waals surface area contributed by atoms with Gasteiger partial charge in [0.25, 0.3) is 0 Å². The van der Waals surface area contributed by atoms with Gasteiger partial charge >= 0.3 is 0 Å². The predicted octanol–water partition coefficient (Wildman–Crippen LogP) is 1.76. The summed E-state index contributed by atoms with van der Waals surface area (Å²) < 4.78 is 9.89. The molecule has 0 aromatic heterocycles. The number of rotatable bonds is 0. The van der Waals surface area contributed by atoms with Crippen LogP contribution < -0.4 is 6.15 Å². The molecule has 0 aromatic carbocycles. The normalized spacial score (nSPS) is 21.8. The van der Waals surface area contributed by atoms with E-state index < -0.39 is 0 Å². The average Bonchev–Trinajstić information content (AvgIpc) is 2.67. The molecule has 0 amide bonds. The maximum atomic E-state index is 4.94. The van der Waals surface area contributed by atoms with Crippen molar-refractivity contribution < 1.29 is 9.47 Å². The minimum atomic E-state index is 0. The quantitative estimate of drug-likeness (QED) is 0.589. The molecule has 3 heteroatoms. The maximum absolute atomic E-state index is 4.94. The lowest BCUT2D eigenvalue weighted by atomic mass is 10.4. The molecule has 0 aliphatic carbocycles. The van der Waals surface area contributed by atoms with Crippen molar-refractivity contribution in [1.29, 1.82) is 0 Å². The van der Waals surface area contributed by atoms with Crippen molar-refractivity contribution in [2.45, 2.75) is 25.7 Å². The Labute approximate surface area is 68.7 Å². The molecular weight excluding hydrogens is 142 g/mol. The van der Waals surface area contributed by atoms with Crippen LogP contribution in [0.3, 0.4) is 0 Å². The van der Waals surface area contributed by atoms with E-state index in [2.05, 4.69) is 0 Å². The monoisotopic (exact) mass is 161 g/mol. The smallest absolute Gasteiger partial charge is 0.0466 e. The first-order valence-electron chi connectivity index (χ1n) is 4.15. The Hall–Kier alpha value is -0.120. The number of hydrogen-bond acceptors (Lipinski definition) is 3. The minimum Gasteiger partial charge on any atom is -0.381 e. The summed E-state index contributed by atoms with van der Waals surface area (Å²) in [5.41, 5.74) is 0. The highest BCUT2D eigenvalue weighted by molar-refractivity contribution is 4.44. The third-order valence-electron chi connectivity index (χ3n) is 1.65. The van der Waals surface area contributed by atoms with E-state index in [0.29, 0.717) is 0 Å². The zero-order valence-corrected chi connectivity index (χ0v) is 7.18. The van der Waals surface area contributed by atoms with Gasteiger partial charge in [-0.2, -0.15) is 0 Å². The van der Waals surface area contributed by atoms with Gasteiger partial charge < -0.3 is 15.6 Å². The summed E-state index contributed by atoms with van der Waals surface area (Å²) in [6.45, 7) is 4.00. The summed E-state index contributed by atoms with van der Waals surface area (Å²) >= 11 is 0. The highest BCUT2D eigenvalue weighted by atomic mass is 16.5. The summed E-state index contributed by atoms with van der Waals surface area (Å²) in [5, 5.41) is 0. The predicted molar refractivity (Wildman–Crippen MR) is 45.1 cm³/mol. The molecule has 3 N–H and O–H groups in total. The van der Waals surface area contributed by atoms with Gasteiger partial charge in [-0.05, 0) is 25.7 Å². The maximum Gasteiger partial charge on any atom is 0.0466 e. The molecule has 2 saturated heterocycles. The Morgan fingerprint density at radius 1 is 0.545 bits per heavy atom. The summed E-state index contributed by atoms with van der Waals surface area (Å²) in [7, 11) is 0. The molecule has 2 heterocycles. The molecule has 3 nitrogen and oxygen atoms in total. The van der Waals surface area contributed by atoms with Gasteiger partial charge in [-0.1, -0.05) is 0 Å². The molecule has 0 unspecified atom stereocenters. The van der Waals surface area contributed by atoms with Crippen LogP contribution in [0.25, 0.3) is 0 Å². The lowest BCUT2D eigenvalue weighted by Crippen LogP contribution is -1.74. The second kappa shape index (κ2) is 7.98. The molecule has 68 valence electrons. The second-order valence-electron chi connectivity index (χ2n) is 2.64. The third-order valence-corrected chi connectivity index (χ3v) is 1.65. The molecule has 11 heavy (non-hydrogen) atoms. The Morgan fingerprint density at radius 3 is 0.909 bits per heavy atom. The van der Waals surface area contributed by atoms with Crippen molar-refractivity contribution in [2.24, 2.45) is 0 Å². The first kappa shape index (κ1) is 10.9. The van der Waals surface area contributed by atoms with Crippen LogP contribution >= 0.6 is 0 Å². The fourth-order valence-electron chi connectivity index (χ4n) is 1.02. The van der Waals surface area contributed by atoms with Gasteiger partial charge in [0.2, 0.25) is 0 Å². The van der Waals surface area contributed by atoms with Crippen molar-refractivity contribution in [1.82, 2.24) is 6.15 Å². The van der Waals surface area contributed by atoms with Gasteiger partial charge in [-0.15, -0.1) is 0 Å². The zero-order chi connectivity index (χ0) is 7.07. The minimum absolute atomic E-state index is 0. The van der Waals surface area contributed by atoms with E-state index in [-0.39, 0.29) is 6.15 Å². The zero-order valence-electron chi connectivity index (χ0n) is 7.18. The van der Waals surface area contributed by atoms with E-state index in [1.807, 2.05) is 0 Å². The van der Waals surface area contributed by atoms with Crippen molar-refractivity contribution in [3.8, 4) is 0 Å². The third kappa shape index (κ3) is 6.28. The van der Waals surface area contributed by atoms with Gasteiger partial charge in [0.1, 0.15) is 0 Å². The molecular formula is C8H19NO2. The van der Waals surface area contributed by atoms with Gasteiger partial charge in [0.15, 0.2) is 0 Å². The molecule has 0 bridgehead atoms. The van der Waals surface area contributed by atoms with Crippen LogP contribution in [0.4, 0.5) is 0 Å². The molecule has 0 spiro atoms. The number of ether oxygens (including phenoxy) is 2. The summed E-state index contributed by atoms with van der Waals surface area (Å²) in [4.78, 5) is 0. The van der Waals surface area contributed by atoms with Crippen LogP contribution in [0, 0.1) is 0 Å². The van der Waals surface area contributed by atoms with Crippen LogP contribution in [-0.2, 0) is 9.47 Å². The lowest BCUT2D eigenvalue weighted by molar-refractivity contribution is 0.198. The van der Waals surface area contributed by atoms with E-state index in [1.54, 1.807) is 0 Å². The van der Waals surface area contributed by atoms with Crippen LogP contribution in [0.1, 0.15) is 25.7 Å². The number of hydrogen-bond donors (Lipinski definition) is 1. The van der Waals surface area contributed by atoms with Crippen LogP contribution in [0.15, 0.2) is 0 Å². The van der Waals surface area contributed by atoms with Crippen molar-refractivity contribution in [3.63, 3.8) is 0 Å². The molecule has 2 rings (SSSR count). The van der Waals surface area contributed by atoms with Crippen molar-refractivity contribution >= 4 is 0 Å². The van der Waals surface area contributed by atoms with Gasteiger partial charge in [-0.25, -0.2) is 0 Å². The highest BCUT2D eigenvalue weighted by Gasteiger charge is 1.95. The topological polar surface area (TPSA) is 53.5 Å². The van der Waals surface area contributed by atoms with Gasteiger partial charge in [0.05, 0.1) is 0 Å². The van der Waals surface area contributed by atoms with E-state index in [0.717, 1.165) is 26.4 Å². The first-order valence-corrected chi connectivity index (χ1v) is 4.15. The summed E-state index contributed by atoms with van der Waals surface area (Å²) in [6, 6.07) is 0. The Balaban J connectivity index is 0.000000167. The second-order valence-corrected chi connectivity index (χ2v) is 2.64. The van der Waals surface area contributed by atoms with E-state index in [1.165, 1.54) is 25.7 Å². The van der Waals surface area contributed by atoms with Gasteiger partial charge in [-0.3, -0.25) is 0 Å². The van der Waals surface area contributed by atoms with E-state index >= 15 is 0 Å². The average molecular weight is 161 g/mol.